The Bertz CT molecular complexity index is 339. The number of aromatic nitrogens is 2. The number of rotatable bonds is 2. The summed E-state index contributed by atoms with van der Waals surface area (Å²) in [5.74, 6) is 0.415. The third-order valence-corrected chi connectivity index (χ3v) is 2.06. The summed E-state index contributed by atoms with van der Waals surface area (Å²) in [7, 11) is 0. The smallest absolute Gasteiger partial charge is 0.296 e. The van der Waals surface area contributed by atoms with Crippen molar-refractivity contribution in [3.63, 3.8) is 0 Å². The predicted molar refractivity (Wildman–Crippen MR) is 53.0 cm³/mol. The lowest BCUT2D eigenvalue weighted by Gasteiger charge is -2.11. The van der Waals surface area contributed by atoms with Gasteiger partial charge in [-0.25, -0.2) is 9.78 Å². The van der Waals surface area contributed by atoms with Gasteiger partial charge in [-0.1, -0.05) is 13.8 Å². The summed E-state index contributed by atoms with van der Waals surface area (Å²) in [5.41, 5.74) is 0.938. The molecule has 1 aromatic heterocycles. The Labute approximate surface area is 78.4 Å². The summed E-state index contributed by atoms with van der Waals surface area (Å²) in [6.07, 6.45) is 3.55. The van der Waals surface area contributed by atoms with Crippen LogP contribution in [0.5, 0.6) is 0 Å². The van der Waals surface area contributed by atoms with E-state index in [1.165, 1.54) is 0 Å². The molecule has 1 rings (SSSR count). The summed E-state index contributed by atoms with van der Waals surface area (Å²) in [6, 6.07) is 0.179. The average Bonchev–Trinajstić information content (AvgIpc) is 2.04. The fourth-order valence-corrected chi connectivity index (χ4v) is 1.11. The molecule has 0 saturated heterocycles. The van der Waals surface area contributed by atoms with Crippen molar-refractivity contribution in [2.75, 3.05) is 0 Å². The second-order valence-corrected chi connectivity index (χ2v) is 3.83. The number of hydrogen-bond acceptors (Lipinski definition) is 2. The van der Waals surface area contributed by atoms with Crippen molar-refractivity contribution in [1.82, 2.24) is 9.55 Å². The van der Waals surface area contributed by atoms with Gasteiger partial charge in [0, 0.05) is 18.4 Å². The third-order valence-electron chi connectivity index (χ3n) is 2.06. The molecule has 13 heavy (non-hydrogen) atoms. The van der Waals surface area contributed by atoms with Gasteiger partial charge in [0.2, 0.25) is 0 Å². The van der Waals surface area contributed by atoms with Crippen LogP contribution in [0.2, 0.25) is 0 Å². The van der Waals surface area contributed by atoms with Crippen molar-refractivity contribution in [1.29, 1.82) is 0 Å². The first kappa shape index (κ1) is 9.96. The van der Waals surface area contributed by atoms with Crippen molar-refractivity contribution in [2.24, 2.45) is 0 Å². The molecule has 3 heteroatoms. The van der Waals surface area contributed by atoms with Gasteiger partial charge in [-0.05, 0) is 25.3 Å². The van der Waals surface area contributed by atoms with E-state index in [4.69, 9.17) is 0 Å². The van der Waals surface area contributed by atoms with Crippen molar-refractivity contribution in [3.8, 4) is 0 Å². The average molecular weight is 180 g/mol. The molecule has 0 bridgehead atoms. The van der Waals surface area contributed by atoms with Crippen LogP contribution in [0.15, 0.2) is 17.2 Å². The van der Waals surface area contributed by atoms with Crippen LogP contribution in [0.4, 0.5) is 0 Å². The van der Waals surface area contributed by atoms with Crippen molar-refractivity contribution < 1.29 is 0 Å². The molecule has 1 heterocycles. The van der Waals surface area contributed by atoms with Crippen molar-refractivity contribution in [3.05, 3.63) is 28.4 Å². The summed E-state index contributed by atoms with van der Waals surface area (Å²) in [6.45, 7) is 8.14. The molecule has 0 aliphatic carbocycles. The van der Waals surface area contributed by atoms with Gasteiger partial charge >= 0.3 is 5.69 Å². The Balaban J connectivity index is 3.19. The first-order valence-corrected chi connectivity index (χ1v) is 4.60. The SMILES string of the molecule is CC(C)c1cnc(=O)n(C(C)C)c1. The van der Waals surface area contributed by atoms with Crippen molar-refractivity contribution >= 4 is 0 Å². The lowest BCUT2D eigenvalue weighted by Crippen LogP contribution is -2.24. The molecule has 0 aliphatic rings. The minimum Gasteiger partial charge on any atom is -0.296 e. The first-order valence-electron chi connectivity index (χ1n) is 4.60. The minimum absolute atomic E-state index is 0.167. The van der Waals surface area contributed by atoms with E-state index in [0.717, 1.165) is 5.56 Å². The van der Waals surface area contributed by atoms with Gasteiger partial charge in [0.1, 0.15) is 0 Å². The standard InChI is InChI=1S/C10H16N2O/c1-7(2)9-5-11-10(13)12(6-9)8(3)4/h5-8H,1-4H3. The van der Waals surface area contributed by atoms with E-state index in [2.05, 4.69) is 18.8 Å². The minimum atomic E-state index is -0.167. The van der Waals surface area contributed by atoms with Gasteiger partial charge in [-0.3, -0.25) is 4.57 Å². The lowest BCUT2D eigenvalue weighted by molar-refractivity contribution is 0.556. The van der Waals surface area contributed by atoms with Gasteiger partial charge < -0.3 is 0 Å². The van der Waals surface area contributed by atoms with Crippen LogP contribution in [0.25, 0.3) is 0 Å². The Kier molecular flexibility index (Phi) is 2.86. The molecule has 0 aromatic carbocycles. The van der Waals surface area contributed by atoms with E-state index in [0.29, 0.717) is 5.92 Å². The molecule has 0 N–H and O–H groups in total. The quantitative estimate of drug-likeness (QED) is 0.697. The molecular weight excluding hydrogens is 164 g/mol. The monoisotopic (exact) mass is 180 g/mol. The van der Waals surface area contributed by atoms with Crippen LogP contribution in [0.1, 0.15) is 45.2 Å². The highest BCUT2D eigenvalue weighted by atomic mass is 16.1. The Morgan fingerprint density at radius 3 is 2.38 bits per heavy atom. The molecule has 72 valence electrons. The van der Waals surface area contributed by atoms with Gasteiger partial charge in [-0.2, -0.15) is 0 Å². The predicted octanol–water partition coefficient (Wildman–Crippen LogP) is 1.95. The summed E-state index contributed by atoms with van der Waals surface area (Å²) in [4.78, 5) is 15.1. The van der Waals surface area contributed by atoms with Crippen LogP contribution in [0.3, 0.4) is 0 Å². The van der Waals surface area contributed by atoms with E-state index in [-0.39, 0.29) is 11.7 Å². The summed E-state index contributed by atoms with van der Waals surface area (Å²) >= 11 is 0. The van der Waals surface area contributed by atoms with Gasteiger partial charge in [0.15, 0.2) is 0 Å². The van der Waals surface area contributed by atoms with Gasteiger partial charge in [-0.15, -0.1) is 0 Å². The van der Waals surface area contributed by atoms with Crippen LogP contribution in [0, 0.1) is 0 Å². The zero-order valence-electron chi connectivity index (χ0n) is 8.61. The number of hydrogen-bond donors (Lipinski definition) is 0. The van der Waals surface area contributed by atoms with Crippen molar-refractivity contribution in [2.45, 2.75) is 39.7 Å². The molecule has 0 fully saturated rings. The van der Waals surface area contributed by atoms with Crippen LogP contribution in [-0.2, 0) is 0 Å². The molecule has 3 nitrogen and oxygen atoms in total. The molecular formula is C10H16N2O. The molecule has 0 amide bonds. The van der Waals surface area contributed by atoms with E-state index in [1.807, 2.05) is 20.0 Å². The summed E-state index contributed by atoms with van der Waals surface area (Å²) < 4.78 is 1.66. The molecule has 0 aliphatic heterocycles. The largest absolute Gasteiger partial charge is 0.347 e. The van der Waals surface area contributed by atoms with E-state index in [9.17, 15) is 4.79 Å². The third kappa shape index (κ3) is 2.17. The first-order chi connectivity index (χ1) is 6.02. The van der Waals surface area contributed by atoms with E-state index in [1.54, 1.807) is 10.8 Å². The fraction of sp³-hybridized carbons (Fsp3) is 0.600. The highest BCUT2D eigenvalue weighted by molar-refractivity contribution is 5.08. The maximum absolute atomic E-state index is 11.3. The van der Waals surface area contributed by atoms with E-state index >= 15 is 0 Å². The van der Waals surface area contributed by atoms with Crippen LogP contribution < -0.4 is 5.69 Å². The van der Waals surface area contributed by atoms with Crippen LogP contribution in [-0.4, -0.2) is 9.55 Å². The molecule has 0 radical (unpaired) electrons. The van der Waals surface area contributed by atoms with E-state index < -0.39 is 0 Å². The molecule has 0 spiro atoms. The topological polar surface area (TPSA) is 34.9 Å². The lowest BCUT2D eigenvalue weighted by atomic mass is 10.1. The normalized spacial score (nSPS) is 11.2. The molecule has 1 aromatic rings. The maximum atomic E-state index is 11.3. The fourth-order valence-electron chi connectivity index (χ4n) is 1.11. The molecule has 0 atom stereocenters. The van der Waals surface area contributed by atoms with Gasteiger partial charge in [0.05, 0.1) is 0 Å². The zero-order chi connectivity index (χ0) is 10.0. The van der Waals surface area contributed by atoms with Crippen LogP contribution >= 0.6 is 0 Å². The Morgan fingerprint density at radius 1 is 1.31 bits per heavy atom. The Morgan fingerprint density at radius 2 is 1.92 bits per heavy atom. The zero-order valence-corrected chi connectivity index (χ0v) is 8.61. The maximum Gasteiger partial charge on any atom is 0.347 e. The number of nitrogens with zero attached hydrogens (tertiary/aromatic N) is 2. The molecule has 0 saturated carbocycles. The van der Waals surface area contributed by atoms with Gasteiger partial charge in [0.25, 0.3) is 0 Å². The Hall–Kier alpha value is -1.12. The second-order valence-electron chi connectivity index (χ2n) is 3.83. The molecule has 0 unspecified atom stereocenters. The highest BCUT2D eigenvalue weighted by Gasteiger charge is 2.05. The highest BCUT2D eigenvalue weighted by Crippen LogP contribution is 2.11. The second kappa shape index (κ2) is 3.73. The summed E-state index contributed by atoms with van der Waals surface area (Å²) in [5, 5.41) is 0.